The Balaban J connectivity index is 1.71. The highest BCUT2D eigenvalue weighted by Crippen LogP contribution is 2.39. The van der Waals surface area contributed by atoms with E-state index in [4.69, 9.17) is 9.47 Å². The van der Waals surface area contributed by atoms with Crippen molar-refractivity contribution in [2.24, 2.45) is 0 Å². The molecule has 0 saturated carbocycles. The van der Waals surface area contributed by atoms with Crippen molar-refractivity contribution in [3.05, 3.63) is 118 Å². The third-order valence-corrected chi connectivity index (χ3v) is 8.31. The number of hydrogen-bond donors (Lipinski definition) is 0. The smallest absolute Gasteiger partial charge is 0.201 e. The van der Waals surface area contributed by atoms with E-state index in [0.717, 1.165) is 44.4 Å². The highest BCUT2D eigenvalue weighted by atomic mass is 32.1. The Morgan fingerprint density at radius 2 is 1.60 bits per heavy atom. The van der Waals surface area contributed by atoms with Crippen LogP contribution in [0.3, 0.4) is 0 Å². The lowest BCUT2D eigenvalue weighted by molar-refractivity contribution is 0.101. The molecule has 0 aliphatic heterocycles. The summed E-state index contributed by atoms with van der Waals surface area (Å²) in [5, 5.41) is 0.596. The zero-order valence-corrected chi connectivity index (χ0v) is 24.0. The Morgan fingerprint density at radius 1 is 0.900 bits per heavy atom. The molecular formula is C33H32N2O4S. The fraction of sp³-hybridized carbons (Fsp3) is 0.212. The van der Waals surface area contributed by atoms with Gasteiger partial charge in [0.1, 0.15) is 16.3 Å². The molecule has 0 radical (unpaired) electrons. The summed E-state index contributed by atoms with van der Waals surface area (Å²) in [6.07, 6.45) is 1.70. The van der Waals surface area contributed by atoms with Gasteiger partial charge in [0.15, 0.2) is 5.78 Å². The molecule has 2 heterocycles. The molecule has 0 aliphatic rings. The highest BCUT2D eigenvalue weighted by molar-refractivity contribution is 7.22. The van der Waals surface area contributed by atoms with Gasteiger partial charge < -0.3 is 14.0 Å². The first-order valence-electron chi connectivity index (χ1n) is 13.1. The van der Waals surface area contributed by atoms with Gasteiger partial charge in [-0.25, -0.2) is 0 Å². The van der Waals surface area contributed by atoms with E-state index in [9.17, 15) is 9.59 Å². The van der Waals surface area contributed by atoms with Crippen LogP contribution in [0.1, 0.15) is 34.0 Å². The molecular weight excluding hydrogens is 520 g/mol. The van der Waals surface area contributed by atoms with Crippen LogP contribution in [0.5, 0.6) is 11.5 Å². The molecule has 5 aromatic rings. The molecule has 2 aromatic heterocycles. The van der Waals surface area contributed by atoms with Crippen molar-refractivity contribution in [3.8, 4) is 21.9 Å². The predicted octanol–water partition coefficient (Wildman–Crippen LogP) is 6.63. The van der Waals surface area contributed by atoms with E-state index in [-0.39, 0.29) is 16.8 Å². The highest BCUT2D eigenvalue weighted by Gasteiger charge is 2.23. The molecule has 40 heavy (non-hydrogen) atoms. The number of carbonyl (C=O) groups excluding carboxylic acids is 1. The van der Waals surface area contributed by atoms with Crippen molar-refractivity contribution in [1.29, 1.82) is 0 Å². The van der Waals surface area contributed by atoms with Crippen LogP contribution in [-0.4, -0.2) is 36.5 Å². The van der Waals surface area contributed by atoms with Gasteiger partial charge in [-0.15, -0.1) is 11.3 Å². The van der Waals surface area contributed by atoms with Gasteiger partial charge >= 0.3 is 0 Å². The zero-order chi connectivity index (χ0) is 28.2. The molecule has 7 heteroatoms. The van der Waals surface area contributed by atoms with Crippen LogP contribution < -0.4 is 14.9 Å². The molecule has 0 spiro atoms. The fourth-order valence-corrected chi connectivity index (χ4v) is 6.32. The Kier molecular flexibility index (Phi) is 8.14. The average Bonchev–Trinajstić information content (AvgIpc) is 3.34. The lowest BCUT2D eigenvalue weighted by Gasteiger charge is -2.18. The summed E-state index contributed by atoms with van der Waals surface area (Å²) in [5.41, 5.74) is 4.04. The van der Waals surface area contributed by atoms with E-state index in [1.807, 2.05) is 71.3 Å². The Hall–Kier alpha value is -4.20. The molecule has 0 bridgehead atoms. The first kappa shape index (κ1) is 27.4. The number of nitrogens with zero attached hydrogens (tertiary/aromatic N) is 2. The van der Waals surface area contributed by atoms with E-state index >= 15 is 0 Å². The normalized spacial score (nSPS) is 11.2. The molecule has 0 unspecified atom stereocenters. The predicted molar refractivity (Wildman–Crippen MR) is 162 cm³/mol. The number of thiophene rings is 1. The number of ether oxygens (including phenoxy) is 2. The van der Waals surface area contributed by atoms with Crippen LogP contribution >= 0.6 is 11.3 Å². The molecule has 0 saturated heterocycles. The summed E-state index contributed by atoms with van der Waals surface area (Å²) in [4.78, 5) is 30.6. The topological polar surface area (TPSA) is 60.8 Å². The number of rotatable bonds is 10. The molecule has 3 aromatic carbocycles. The van der Waals surface area contributed by atoms with Gasteiger partial charge in [0.25, 0.3) is 0 Å². The molecule has 6 nitrogen and oxygen atoms in total. The Bertz CT molecular complexity index is 1710. The number of para-hydroxylation sites is 1. The lowest BCUT2D eigenvalue weighted by Crippen LogP contribution is -2.21. The van der Waals surface area contributed by atoms with Gasteiger partial charge in [0.2, 0.25) is 5.43 Å². The lowest BCUT2D eigenvalue weighted by atomic mass is 10.0. The number of ketones is 1. The number of carbonyl (C=O) groups is 1. The summed E-state index contributed by atoms with van der Waals surface area (Å²) in [7, 11) is 5.34. The average molecular weight is 553 g/mol. The van der Waals surface area contributed by atoms with Gasteiger partial charge in [-0.3, -0.25) is 14.5 Å². The van der Waals surface area contributed by atoms with Crippen molar-refractivity contribution < 1.29 is 14.3 Å². The zero-order valence-electron chi connectivity index (χ0n) is 23.1. The van der Waals surface area contributed by atoms with Crippen molar-refractivity contribution >= 4 is 27.3 Å². The number of hydrogen-bond acceptors (Lipinski definition) is 6. The van der Waals surface area contributed by atoms with E-state index in [1.54, 1.807) is 31.8 Å². The van der Waals surface area contributed by atoms with Gasteiger partial charge in [-0.1, -0.05) is 48.5 Å². The molecule has 0 N–H and O–H groups in total. The van der Waals surface area contributed by atoms with Crippen LogP contribution in [0.15, 0.2) is 89.9 Å². The maximum absolute atomic E-state index is 13.9. The summed E-state index contributed by atoms with van der Waals surface area (Å²) in [6, 6.07) is 26.0. The number of Topliss-reactive ketones (excluding diaryl/α,β-unsaturated/α-hetero) is 1. The first-order valence-corrected chi connectivity index (χ1v) is 13.9. The molecule has 0 atom stereocenters. The Labute approximate surface area is 238 Å². The molecule has 0 aliphatic carbocycles. The van der Waals surface area contributed by atoms with Crippen molar-refractivity contribution in [3.63, 3.8) is 0 Å². The Morgan fingerprint density at radius 3 is 2.27 bits per heavy atom. The maximum Gasteiger partial charge on any atom is 0.201 e. The van der Waals surface area contributed by atoms with Crippen molar-refractivity contribution in [2.45, 2.75) is 26.6 Å². The van der Waals surface area contributed by atoms with E-state index in [0.29, 0.717) is 18.5 Å². The number of aromatic nitrogens is 1. The monoisotopic (exact) mass is 552 g/mol. The minimum Gasteiger partial charge on any atom is -0.497 e. The minimum absolute atomic E-state index is 0.188. The minimum atomic E-state index is -0.249. The number of pyridine rings is 1. The van der Waals surface area contributed by atoms with Crippen LogP contribution in [0.25, 0.3) is 20.7 Å². The standard InChI is InChI=1S/C33H32N2O4S/c1-22(36)27-21-35(19-25-12-8-9-13-29(25)39-4)33-30(31(27)37)28(20-34(2)18-23-10-6-5-7-11-23)32(40-33)24-14-16-26(38-3)17-15-24/h5-17,21H,18-20H2,1-4H3. The molecule has 204 valence electrons. The largest absolute Gasteiger partial charge is 0.497 e. The third-order valence-electron chi connectivity index (χ3n) is 6.99. The quantitative estimate of drug-likeness (QED) is 0.182. The molecule has 0 amide bonds. The number of methoxy groups -OCH3 is 2. The third kappa shape index (κ3) is 5.57. The molecule has 0 fully saturated rings. The second-order valence-corrected chi connectivity index (χ2v) is 10.8. The van der Waals surface area contributed by atoms with Gasteiger partial charge in [0.05, 0.1) is 31.7 Å². The molecule has 5 rings (SSSR count). The summed E-state index contributed by atoms with van der Waals surface area (Å²) in [6.45, 7) is 3.18. The summed E-state index contributed by atoms with van der Waals surface area (Å²) in [5.74, 6) is 1.28. The fourth-order valence-electron chi connectivity index (χ4n) is 5.03. The SMILES string of the molecule is COc1ccc(-c2sc3c(c2CN(C)Cc2ccccc2)c(=O)c(C(C)=O)cn3Cc2ccccc2OC)cc1. The number of benzene rings is 3. The van der Waals surface area contributed by atoms with E-state index < -0.39 is 0 Å². The van der Waals surface area contributed by atoms with E-state index in [2.05, 4.69) is 24.1 Å². The second kappa shape index (κ2) is 11.9. The number of fused-ring (bicyclic) bond motifs is 1. The van der Waals surface area contributed by atoms with Crippen molar-refractivity contribution in [2.75, 3.05) is 21.3 Å². The van der Waals surface area contributed by atoms with Crippen molar-refractivity contribution in [1.82, 2.24) is 9.47 Å². The van der Waals surface area contributed by atoms with Gasteiger partial charge in [-0.05, 0) is 61.0 Å². The maximum atomic E-state index is 13.9. The van der Waals surface area contributed by atoms with Crippen LogP contribution in [-0.2, 0) is 19.6 Å². The second-order valence-electron chi connectivity index (χ2n) is 9.84. The summed E-state index contributed by atoms with van der Waals surface area (Å²) >= 11 is 1.58. The van der Waals surface area contributed by atoms with Crippen LogP contribution in [0.2, 0.25) is 0 Å². The van der Waals surface area contributed by atoms with Gasteiger partial charge in [0, 0.05) is 29.7 Å². The van der Waals surface area contributed by atoms with Crippen LogP contribution in [0, 0.1) is 0 Å². The first-order chi connectivity index (χ1) is 19.4. The van der Waals surface area contributed by atoms with Crippen LogP contribution in [0.4, 0.5) is 0 Å². The summed E-state index contributed by atoms with van der Waals surface area (Å²) < 4.78 is 13.0. The van der Waals surface area contributed by atoms with Gasteiger partial charge in [-0.2, -0.15) is 0 Å². The van der Waals surface area contributed by atoms with E-state index in [1.165, 1.54) is 12.5 Å².